The average Bonchev–Trinajstić information content (AvgIpc) is 2.36. The maximum atomic E-state index is 4.40. The lowest BCUT2D eigenvalue weighted by Gasteiger charge is -2.41. The molecule has 0 aliphatic heterocycles. The SMILES string of the molecule is CCNCC1CCC(C)(C)CC1c1cncc(C)c1. The predicted octanol–water partition coefficient (Wildman–Crippen LogP) is 3.91. The lowest BCUT2D eigenvalue weighted by molar-refractivity contribution is 0.160. The number of hydrogen-bond acceptors (Lipinski definition) is 2. The maximum absolute atomic E-state index is 4.40. The Morgan fingerprint density at radius 1 is 1.37 bits per heavy atom. The van der Waals surface area contributed by atoms with E-state index in [4.69, 9.17) is 0 Å². The zero-order valence-electron chi connectivity index (χ0n) is 12.9. The van der Waals surface area contributed by atoms with Gasteiger partial charge in [-0.15, -0.1) is 0 Å². The minimum absolute atomic E-state index is 0.469. The van der Waals surface area contributed by atoms with Crippen molar-refractivity contribution in [3.05, 3.63) is 29.6 Å². The van der Waals surface area contributed by atoms with Crippen LogP contribution in [0.2, 0.25) is 0 Å². The number of pyridine rings is 1. The van der Waals surface area contributed by atoms with E-state index in [9.17, 15) is 0 Å². The third-order valence-electron chi connectivity index (χ3n) is 4.51. The molecular weight excluding hydrogens is 232 g/mol. The van der Waals surface area contributed by atoms with E-state index < -0.39 is 0 Å². The van der Waals surface area contributed by atoms with Crippen LogP contribution >= 0.6 is 0 Å². The summed E-state index contributed by atoms with van der Waals surface area (Å²) in [7, 11) is 0. The molecule has 19 heavy (non-hydrogen) atoms. The van der Waals surface area contributed by atoms with Gasteiger partial charge in [-0.3, -0.25) is 4.98 Å². The number of nitrogens with zero attached hydrogens (tertiary/aromatic N) is 1. The van der Waals surface area contributed by atoms with Gasteiger partial charge in [0.25, 0.3) is 0 Å². The summed E-state index contributed by atoms with van der Waals surface area (Å²) in [6, 6.07) is 2.33. The minimum atomic E-state index is 0.469. The highest BCUT2D eigenvalue weighted by Gasteiger charge is 2.35. The number of aryl methyl sites for hydroxylation is 1. The molecule has 2 heteroatoms. The van der Waals surface area contributed by atoms with Crippen LogP contribution in [0.5, 0.6) is 0 Å². The first-order valence-corrected chi connectivity index (χ1v) is 7.64. The van der Waals surface area contributed by atoms with Gasteiger partial charge in [-0.05, 0) is 67.7 Å². The highest BCUT2D eigenvalue weighted by molar-refractivity contribution is 5.22. The molecule has 2 unspecified atom stereocenters. The van der Waals surface area contributed by atoms with Crippen LogP contribution < -0.4 is 5.32 Å². The van der Waals surface area contributed by atoms with E-state index in [1.54, 1.807) is 0 Å². The average molecular weight is 260 g/mol. The molecule has 1 aliphatic rings. The second kappa shape index (κ2) is 6.04. The second-order valence-electron chi connectivity index (χ2n) is 6.88. The predicted molar refractivity (Wildman–Crippen MR) is 81.4 cm³/mol. The fourth-order valence-electron chi connectivity index (χ4n) is 3.39. The molecule has 1 heterocycles. The Morgan fingerprint density at radius 2 is 2.16 bits per heavy atom. The fourth-order valence-corrected chi connectivity index (χ4v) is 3.39. The number of aromatic nitrogens is 1. The first-order valence-electron chi connectivity index (χ1n) is 7.64. The van der Waals surface area contributed by atoms with Crippen LogP contribution in [0.3, 0.4) is 0 Å². The van der Waals surface area contributed by atoms with E-state index in [2.05, 4.69) is 50.3 Å². The fraction of sp³-hybridized carbons (Fsp3) is 0.706. The van der Waals surface area contributed by atoms with E-state index in [-0.39, 0.29) is 0 Å². The standard InChI is InChI=1S/C17H28N2/c1-5-18-11-14-6-7-17(3,4)9-16(14)15-8-13(2)10-19-12-15/h8,10,12,14,16,18H,5-7,9,11H2,1-4H3. The Kier molecular flexibility index (Phi) is 4.62. The quantitative estimate of drug-likeness (QED) is 0.888. The van der Waals surface area contributed by atoms with Gasteiger partial charge in [-0.2, -0.15) is 0 Å². The van der Waals surface area contributed by atoms with Gasteiger partial charge in [0, 0.05) is 12.4 Å². The molecule has 0 amide bonds. The van der Waals surface area contributed by atoms with Crippen molar-refractivity contribution in [1.29, 1.82) is 0 Å². The van der Waals surface area contributed by atoms with Crippen molar-refractivity contribution in [2.24, 2.45) is 11.3 Å². The molecule has 0 aromatic carbocycles. The number of hydrogen-bond donors (Lipinski definition) is 1. The van der Waals surface area contributed by atoms with Gasteiger partial charge in [-0.25, -0.2) is 0 Å². The molecule has 1 saturated carbocycles. The van der Waals surface area contributed by atoms with Gasteiger partial charge in [0.2, 0.25) is 0 Å². The van der Waals surface area contributed by atoms with Crippen molar-refractivity contribution in [3.63, 3.8) is 0 Å². The Labute approximate surface area is 118 Å². The van der Waals surface area contributed by atoms with Crippen LogP contribution in [0, 0.1) is 18.3 Å². The van der Waals surface area contributed by atoms with Crippen LogP contribution in [0.25, 0.3) is 0 Å². The highest BCUT2D eigenvalue weighted by atomic mass is 14.8. The van der Waals surface area contributed by atoms with Crippen molar-refractivity contribution >= 4 is 0 Å². The maximum Gasteiger partial charge on any atom is 0.0303 e. The largest absolute Gasteiger partial charge is 0.317 e. The van der Waals surface area contributed by atoms with Crippen molar-refractivity contribution < 1.29 is 0 Å². The lowest BCUT2D eigenvalue weighted by Crippen LogP contribution is -2.34. The summed E-state index contributed by atoms with van der Waals surface area (Å²) in [5.41, 5.74) is 3.19. The molecule has 106 valence electrons. The summed E-state index contributed by atoms with van der Waals surface area (Å²) < 4.78 is 0. The van der Waals surface area contributed by atoms with Crippen LogP contribution in [0.1, 0.15) is 57.1 Å². The molecule has 0 radical (unpaired) electrons. The topological polar surface area (TPSA) is 24.9 Å². The van der Waals surface area contributed by atoms with Crippen molar-refractivity contribution in [3.8, 4) is 0 Å². The molecule has 1 aliphatic carbocycles. The summed E-state index contributed by atoms with van der Waals surface area (Å²) in [4.78, 5) is 4.40. The first kappa shape index (κ1) is 14.5. The van der Waals surface area contributed by atoms with Gasteiger partial charge < -0.3 is 5.32 Å². The molecule has 1 aromatic rings. The molecule has 0 spiro atoms. The van der Waals surface area contributed by atoms with Crippen molar-refractivity contribution in [2.45, 2.75) is 52.9 Å². The second-order valence-corrected chi connectivity index (χ2v) is 6.88. The Hall–Kier alpha value is -0.890. The third-order valence-corrected chi connectivity index (χ3v) is 4.51. The summed E-state index contributed by atoms with van der Waals surface area (Å²) in [5, 5.41) is 3.54. The molecular formula is C17H28N2. The zero-order valence-corrected chi connectivity index (χ0v) is 12.9. The van der Waals surface area contributed by atoms with Gasteiger partial charge in [0.15, 0.2) is 0 Å². The first-order chi connectivity index (χ1) is 9.02. The Balaban J connectivity index is 2.19. The highest BCUT2D eigenvalue weighted by Crippen LogP contribution is 2.46. The van der Waals surface area contributed by atoms with Crippen LogP contribution in [0.15, 0.2) is 18.5 Å². The zero-order chi connectivity index (χ0) is 13.9. The number of rotatable bonds is 4. The van der Waals surface area contributed by atoms with Gasteiger partial charge in [-0.1, -0.05) is 26.8 Å². The minimum Gasteiger partial charge on any atom is -0.317 e. The molecule has 2 atom stereocenters. The van der Waals surface area contributed by atoms with E-state index in [1.807, 2.05) is 6.20 Å². The smallest absolute Gasteiger partial charge is 0.0303 e. The Morgan fingerprint density at radius 3 is 2.84 bits per heavy atom. The van der Waals surface area contributed by atoms with Gasteiger partial charge in [0.05, 0.1) is 0 Å². The van der Waals surface area contributed by atoms with Crippen LogP contribution in [0.4, 0.5) is 0 Å². The summed E-state index contributed by atoms with van der Waals surface area (Å²) in [6.07, 6.45) is 8.00. The Bertz CT molecular complexity index is 411. The van der Waals surface area contributed by atoms with E-state index in [1.165, 1.54) is 30.4 Å². The molecule has 0 bridgehead atoms. The van der Waals surface area contributed by atoms with E-state index in [0.717, 1.165) is 19.0 Å². The van der Waals surface area contributed by atoms with Gasteiger partial charge >= 0.3 is 0 Å². The van der Waals surface area contributed by atoms with Crippen molar-refractivity contribution in [1.82, 2.24) is 10.3 Å². The lowest BCUT2D eigenvalue weighted by atomic mass is 9.65. The van der Waals surface area contributed by atoms with Crippen LogP contribution in [-0.4, -0.2) is 18.1 Å². The van der Waals surface area contributed by atoms with Gasteiger partial charge in [0.1, 0.15) is 0 Å². The molecule has 0 saturated heterocycles. The van der Waals surface area contributed by atoms with E-state index in [0.29, 0.717) is 11.3 Å². The molecule has 1 fully saturated rings. The van der Waals surface area contributed by atoms with Crippen LogP contribution in [-0.2, 0) is 0 Å². The molecule has 1 aromatic heterocycles. The van der Waals surface area contributed by atoms with E-state index >= 15 is 0 Å². The third kappa shape index (κ3) is 3.79. The molecule has 1 N–H and O–H groups in total. The summed E-state index contributed by atoms with van der Waals surface area (Å²) >= 11 is 0. The molecule has 2 rings (SSSR count). The number of nitrogens with one attached hydrogen (secondary N) is 1. The monoisotopic (exact) mass is 260 g/mol. The summed E-state index contributed by atoms with van der Waals surface area (Å²) in [6.45, 7) is 11.4. The van der Waals surface area contributed by atoms with Crippen molar-refractivity contribution in [2.75, 3.05) is 13.1 Å². The normalized spacial score (nSPS) is 26.3. The summed E-state index contributed by atoms with van der Waals surface area (Å²) in [5.74, 6) is 1.42. The molecule has 2 nitrogen and oxygen atoms in total.